The highest BCUT2D eigenvalue weighted by Crippen LogP contribution is 2.60. The lowest BCUT2D eigenvalue weighted by Gasteiger charge is -2.66. The molecule has 1 saturated heterocycles. The van der Waals surface area contributed by atoms with E-state index < -0.39 is 0 Å². The Hall–Kier alpha value is -0.0800. The molecule has 0 atom stereocenters. The van der Waals surface area contributed by atoms with Crippen LogP contribution in [0, 0.1) is 29.1 Å². The molecule has 0 unspecified atom stereocenters. The van der Waals surface area contributed by atoms with Crippen LogP contribution in [0.5, 0.6) is 0 Å². The van der Waals surface area contributed by atoms with E-state index in [2.05, 4.69) is 18.7 Å². The van der Waals surface area contributed by atoms with Crippen LogP contribution < -0.4 is 5.73 Å². The molecular weight excluding hydrogens is 244 g/mol. The summed E-state index contributed by atoms with van der Waals surface area (Å²) in [5.41, 5.74) is 7.34. The molecule has 5 fully saturated rings. The minimum absolute atomic E-state index is 0.380. The monoisotopic (exact) mass is 276 g/mol. The van der Waals surface area contributed by atoms with Gasteiger partial charge in [0.05, 0.1) is 0 Å². The van der Waals surface area contributed by atoms with Crippen molar-refractivity contribution in [2.75, 3.05) is 19.6 Å². The first-order valence-electron chi connectivity index (χ1n) is 8.98. The Bertz CT molecular complexity index is 359. The zero-order chi connectivity index (χ0) is 14.0. The van der Waals surface area contributed by atoms with Crippen molar-refractivity contribution in [1.82, 2.24) is 4.90 Å². The molecule has 1 aliphatic heterocycles. The zero-order valence-electron chi connectivity index (χ0n) is 13.4. The molecule has 20 heavy (non-hydrogen) atoms. The summed E-state index contributed by atoms with van der Waals surface area (Å²) in [6, 6.07) is 0. The van der Waals surface area contributed by atoms with Crippen LogP contribution >= 0.6 is 0 Å². The SMILES string of the molecule is CC1(C)CCCN(C2(CN)C3CC4CC(C3)CC2C4)C1. The fraction of sp³-hybridized carbons (Fsp3) is 1.00. The summed E-state index contributed by atoms with van der Waals surface area (Å²) in [6.45, 7) is 8.42. The van der Waals surface area contributed by atoms with E-state index in [1.54, 1.807) is 6.42 Å². The quantitative estimate of drug-likeness (QED) is 0.839. The number of piperidine rings is 1. The molecule has 0 aromatic heterocycles. The molecule has 5 rings (SSSR count). The van der Waals surface area contributed by atoms with Gasteiger partial charge in [0.15, 0.2) is 0 Å². The average molecular weight is 276 g/mol. The van der Waals surface area contributed by atoms with Gasteiger partial charge in [-0.3, -0.25) is 4.90 Å². The molecule has 114 valence electrons. The van der Waals surface area contributed by atoms with Crippen molar-refractivity contribution >= 4 is 0 Å². The van der Waals surface area contributed by atoms with Crippen LogP contribution in [0.2, 0.25) is 0 Å². The fourth-order valence-corrected chi connectivity index (χ4v) is 6.76. The molecule has 1 heterocycles. The van der Waals surface area contributed by atoms with Crippen molar-refractivity contribution in [2.45, 2.75) is 64.3 Å². The van der Waals surface area contributed by atoms with Gasteiger partial charge < -0.3 is 5.73 Å². The van der Waals surface area contributed by atoms with E-state index in [9.17, 15) is 0 Å². The topological polar surface area (TPSA) is 29.3 Å². The first kappa shape index (κ1) is 13.6. The first-order chi connectivity index (χ1) is 9.53. The molecule has 0 spiro atoms. The summed E-state index contributed by atoms with van der Waals surface area (Å²) in [6.07, 6.45) is 10.3. The number of rotatable bonds is 2. The third-order valence-corrected chi connectivity index (χ3v) is 7.37. The van der Waals surface area contributed by atoms with Crippen LogP contribution in [0.3, 0.4) is 0 Å². The summed E-state index contributed by atoms with van der Waals surface area (Å²) >= 11 is 0. The van der Waals surface area contributed by atoms with Crippen LogP contribution in [-0.4, -0.2) is 30.1 Å². The van der Waals surface area contributed by atoms with Crippen LogP contribution in [-0.2, 0) is 0 Å². The van der Waals surface area contributed by atoms with Gasteiger partial charge in [-0.15, -0.1) is 0 Å². The maximum atomic E-state index is 6.47. The molecule has 4 saturated carbocycles. The maximum Gasteiger partial charge on any atom is 0.0388 e. The Morgan fingerprint density at radius 3 is 2.10 bits per heavy atom. The van der Waals surface area contributed by atoms with Crippen LogP contribution in [0.15, 0.2) is 0 Å². The average Bonchev–Trinajstić information content (AvgIpc) is 2.37. The summed E-state index contributed by atoms with van der Waals surface area (Å²) < 4.78 is 0. The van der Waals surface area contributed by atoms with E-state index in [1.165, 1.54) is 51.6 Å². The van der Waals surface area contributed by atoms with Gasteiger partial charge in [-0.25, -0.2) is 0 Å². The lowest BCUT2D eigenvalue weighted by Crippen LogP contribution is -2.71. The molecule has 0 amide bonds. The molecule has 0 aromatic rings. The number of nitrogens with two attached hydrogens (primary N) is 1. The van der Waals surface area contributed by atoms with Crippen molar-refractivity contribution in [1.29, 1.82) is 0 Å². The third kappa shape index (κ3) is 1.83. The van der Waals surface area contributed by atoms with Gasteiger partial charge in [0, 0.05) is 18.6 Å². The number of hydrogen-bond donors (Lipinski definition) is 1. The smallest absolute Gasteiger partial charge is 0.0388 e. The van der Waals surface area contributed by atoms with E-state index in [-0.39, 0.29) is 0 Å². The number of hydrogen-bond acceptors (Lipinski definition) is 2. The molecule has 4 aliphatic carbocycles. The van der Waals surface area contributed by atoms with Gasteiger partial charge in [-0.1, -0.05) is 13.8 Å². The molecular formula is C18H32N2. The van der Waals surface area contributed by atoms with Gasteiger partial charge in [0.2, 0.25) is 0 Å². The zero-order valence-corrected chi connectivity index (χ0v) is 13.4. The molecule has 5 aliphatic rings. The van der Waals surface area contributed by atoms with Crippen LogP contribution in [0.4, 0.5) is 0 Å². The summed E-state index contributed by atoms with van der Waals surface area (Å²) in [4.78, 5) is 2.88. The highest BCUT2D eigenvalue weighted by molar-refractivity contribution is 5.13. The van der Waals surface area contributed by atoms with E-state index in [0.29, 0.717) is 11.0 Å². The molecule has 2 heteroatoms. The van der Waals surface area contributed by atoms with E-state index in [4.69, 9.17) is 5.73 Å². The maximum absolute atomic E-state index is 6.47. The van der Waals surface area contributed by atoms with Crippen LogP contribution in [0.1, 0.15) is 58.8 Å². The van der Waals surface area contributed by atoms with Crippen molar-refractivity contribution in [3.8, 4) is 0 Å². The fourth-order valence-electron chi connectivity index (χ4n) is 6.76. The second kappa shape index (κ2) is 4.46. The molecule has 2 N–H and O–H groups in total. The highest BCUT2D eigenvalue weighted by Gasteiger charge is 2.59. The highest BCUT2D eigenvalue weighted by atomic mass is 15.2. The Kier molecular flexibility index (Phi) is 3.03. The lowest BCUT2D eigenvalue weighted by atomic mass is 9.47. The second-order valence-corrected chi connectivity index (χ2v) is 9.19. The minimum atomic E-state index is 0.380. The second-order valence-electron chi connectivity index (χ2n) is 9.19. The standard InChI is InChI=1S/C18H32N2/c1-17(2)4-3-5-20(12-17)18(11-19)15-7-13-6-14(9-15)10-16(18)8-13/h13-16H,3-12,19H2,1-2H3. The van der Waals surface area contributed by atoms with Crippen molar-refractivity contribution < 1.29 is 0 Å². The largest absolute Gasteiger partial charge is 0.329 e. The molecule has 2 nitrogen and oxygen atoms in total. The first-order valence-corrected chi connectivity index (χ1v) is 8.98. The van der Waals surface area contributed by atoms with Gasteiger partial charge in [-0.2, -0.15) is 0 Å². The summed E-state index contributed by atoms with van der Waals surface area (Å²) in [5.74, 6) is 3.93. The summed E-state index contributed by atoms with van der Waals surface area (Å²) in [5, 5.41) is 0. The van der Waals surface area contributed by atoms with Crippen molar-refractivity contribution in [3.63, 3.8) is 0 Å². The number of likely N-dealkylation sites (tertiary alicyclic amines) is 1. The Morgan fingerprint density at radius 1 is 1.00 bits per heavy atom. The number of nitrogens with zero attached hydrogens (tertiary/aromatic N) is 1. The van der Waals surface area contributed by atoms with Gasteiger partial charge in [0.25, 0.3) is 0 Å². The molecule has 0 aromatic carbocycles. The van der Waals surface area contributed by atoms with Crippen molar-refractivity contribution in [3.05, 3.63) is 0 Å². The summed E-state index contributed by atoms with van der Waals surface area (Å²) in [7, 11) is 0. The van der Waals surface area contributed by atoms with Crippen molar-refractivity contribution in [2.24, 2.45) is 34.8 Å². The molecule has 0 radical (unpaired) electrons. The van der Waals surface area contributed by atoms with Gasteiger partial charge in [-0.05, 0) is 80.6 Å². The predicted molar refractivity (Wildman–Crippen MR) is 83.4 cm³/mol. The predicted octanol–water partition coefficient (Wildman–Crippen LogP) is 3.26. The van der Waals surface area contributed by atoms with E-state index in [1.807, 2.05) is 0 Å². The normalized spacial score (nSPS) is 50.5. The minimum Gasteiger partial charge on any atom is -0.329 e. The van der Waals surface area contributed by atoms with E-state index >= 15 is 0 Å². The Labute approximate surface area is 124 Å². The molecule has 4 bridgehead atoms. The van der Waals surface area contributed by atoms with Crippen LogP contribution in [0.25, 0.3) is 0 Å². The van der Waals surface area contributed by atoms with E-state index in [0.717, 1.165) is 30.2 Å². The lowest BCUT2D eigenvalue weighted by molar-refractivity contribution is -0.146. The van der Waals surface area contributed by atoms with Gasteiger partial charge in [0.1, 0.15) is 0 Å². The van der Waals surface area contributed by atoms with Gasteiger partial charge >= 0.3 is 0 Å². The Balaban J connectivity index is 1.66. The Morgan fingerprint density at radius 2 is 1.60 bits per heavy atom. The third-order valence-electron chi connectivity index (χ3n) is 7.37.